The molecule has 0 aliphatic heterocycles. The van der Waals surface area contributed by atoms with Gasteiger partial charge in [-0.2, -0.15) is 0 Å². The fourth-order valence-electron chi connectivity index (χ4n) is 2.97. The minimum atomic E-state index is -3.08. The monoisotopic (exact) mass is 296 g/mol. The number of benzene rings is 1. The lowest BCUT2D eigenvalue weighted by Gasteiger charge is -2.32. The molecule has 0 radical (unpaired) electrons. The highest BCUT2D eigenvalue weighted by atomic mass is 32.2. The van der Waals surface area contributed by atoms with Crippen molar-refractivity contribution in [2.75, 3.05) is 19.3 Å². The quantitative estimate of drug-likeness (QED) is 0.788. The molecule has 0 bridgehead atoms. The highest BCUT2D eigenvalue weighted by Gasteiger charge is 2.25. The molecule has 0 heterocycles. The van der Waals surface area contributed by atoms with Crippen molar-refractivity contribution in [1.29, 1.82) is 0 Å². The van der Waals surface area contributed by atoms with E-state index >= 15 is 0 Å². The van der Waals surface area contributed by atoms with Gasteiger partial charge < -0.3 is 5.32 Å². The van der Waals surface area contributed by atoms with E-state index in [9.17, 15) is 8.42 Å². The van der Waals surface area contributed by atoms with E-state index in [0.717, 1.165) is 0 Å². The maximum absolute atomic E-state index is 11.0. The molecule has 0 saturated heterocycles. The van der Waals surface area contributed by atoms with Gasteiger partial charge in [0.2, 0.25) is 10.0 Å². The highest BCUT2D eigenvalue weighted by Crippen LogP contribution is 2.32. The van der Waals surface area contributed by atoms with E-state index in [0.29, 0.717) is 25.0 Å². The molecule has 20 heavy (non-hydrogen) atoms. The van der Waals surface area contributed by atoms with Gasteiger partial charge in [-0.05, 0) is 24.3 Å². The molecular formula is C15H24N2O2S. The van der Waals surface area contributed by atoms with Gasteiger partial charge >= 0.3 is 0 Å². The second-order valence-corrected chi connectivity index (χ2v) is 7.36. The molecule has 1 aromatic carbocycles. The smallest absolute Gasteiger partial charge is 0.208 e. The standard InChI is InChI=1S/C15H24N2O2S/c1-20(18,19)17-12-11-16-15-10-6-5-9-14(15)13-7-3-2-4-8-13/h2-4,7-8,14-17H,5-6,9-12H2,1H3. The molecule has 5 heteroatoms. The van der Waals surface area contributed by atoms with E-state index in [2.05, 4.69) is 34.3 Å². The maximum atomic E-state index is 11.0. The Balaban J connectivity index is 1.88. The molecule has 2 atom stereocenters. The molecule has 0 spiro atoms. The predicted molar refractivity (Wildman–Crippen MR) is 82.3 cm³/mol. The first-order valence-electron chi connectivity index (χ1n) is 7.29. The molecule has 1 fully saturated rings. The lowest BCUT2D eigenvalue weighted by molar-refractivity contribution is 0.329. The topological polar surface area (TPSA) is 58.2 Å². The van der Waals surface area contributed by atoms with Gasteiger partial charge in [0.25, 0.3) is 0 Å². The van der Waals surface area contributed by atoms with Crippen LogP contribution in [0.3, 0.4) is 0 Å². The highest BCUT2D eigenvalue weighted by molar-refractivity contribution is 7.88. The van der Waals surface area contributed by atoms with E-state index < -0.39 is 10.0 Å². The van der Waals surface area contributed by atoms with Crippen LogP contribution in [0.4, 0.5) is 0 Å². The molecular weight excluding hydrogens is 272 g/mol. The van der Waals surface area contributed by atoms with Crippen LogP contribution >= 0.6 is 0 Å². The van der Waals surface area contributed by atoms with Gasteiger partial charge in [0.05, 0.1) is 6.26 Å². The van der Waals surface area contributed by atoms with Crippen molar-refractivity contribution in [3.63, 3.8) is 0 Å². The van der Waals surface area contributed by atoms with Crippen LogP contribution in [0.2, 0.25) is 0 Å². The molecule has 2 unspecified atom stereocenters. The summed E-state index contributed by atoms with van der Waals surface area (Å²) in [4.78, 5) is 0. The molecule has 112 valence electrons. The van der Waals surface area contributed by atoms with Gasteiger partial charge in [-0.25, -0.2) is 13.1 Å². The normalized spacial score (nSPS) is 23.6. The fraction of sp³-hybridized carbons (Fsp3) is 0.600. The molecule has 2 N–H and O–H groups in total. The Morgan fingerprint density at radius 1 is 1.10 bits per heavy atom. The summed E-state index contributed by atoms with van der Waals surface area (Å²) in [6.45, 7) is 1.14. The van der Waals surface area contributed by atoms with Crippen LogP contribution in [0.15, 0.2) is 30.3 Å². The van der Waals surface area contributed by atoms with Crippen molar-refractivity contribution in [2.24, 2.45) is 0 Å². The van der Waals surface area contributed by atoms with E-state index in [-0.39, 0.29) is 0 Å². The number of hydrogen-bond donors (Lipinski definition) is 2. The summed E-state index contributed by atoms with van der Waals surface area (Å²) in [5.74, 6) is 0.545. The van der Waals surface area contributed by atoms with Gasteiger partial charge in [-0.1, -0.05) is 43.2 Å². The van der Waals surface area contributed by atoms with Crippen molar-refractivity contribution >= 4 is 10.0 Å². The van der Waals surface area contributed by atoms with Crippen LogP contribution in [0.1, 0.15) is 37.2 Å². The molecule has 1 aliphatic carbocycles. The molecule has 4 nitrogen and oxygen atoms in total. The third kappa shape index (κ3) is 4.89. The van der Waals surface area contributed by atoms with Gasteiger partial charge in [0, 0.05) is 19.1 Å². The summed E-state index contributed by atoms with van der Waals surface area (Å²) in [5.41, 5.74) is 1.39. The Morgan fingerprint density at radius 3 is 2.50 bits per heavy atom. The van der Waals surface area contributed by atoms with Crippen LogP contribution in [0, 0.1) is 0 Å². The zero-order chi connectivity index (χ0) is 14.4. The summed E-state index contributed by atoms with van der Waals surface area (Å²) in [6, 6.07) is 11.1. The maximum Gasteiger partial charge on any atom is 0.208 e. The minimum absolute atomic E-state index is 0.451. The molecule has 1 aliphatic rings. The fourth-order valence-corrected chi connectivity index (χ4v) is 3.44. The summed E-state index contributed by atoms with van der Waals surface area (Å²) in [5, 5.41) is 3.52. The number of rotatable bonds is 6. The molecule has 1 saturated carbocycles. The van der Waals surface area contributed by atoms with E-state index in [1.807, 2.05) is 6.07 Å². The lowest BCUT2D eigenvalue weighted by Crippen LogP contribution is -2.41. The second kappa shape index (κ2) is 7.20. The van der Waals surface area contributed by atoms with Crippen LogP contribution in [-0.4, -0.2) is 33.8 Å². The van der Waals surface area contributed by atoms with E-state index in [4.69, 9.17) is 0 Å². The lowest BCUT2D eigenvalue weighted by atomic mass is 9.80. The Hall–Kier alpha value is -0.910. The van der Waals surface area contributed by atoms with Crippen molar-refractivity contribution in [2.45, 2.75) is 37.6 Å². The van der Waals surface area contributed by atoms with Crippen LogP contribution < -0.4 is 10.0 Å². The Morgan fingerprint density at radius 2 is 1.80 bits per heavy atom. The summed E-state index contributed by atoms with van der Waals surface area (Å²) in [7, 11) is -3.08. The van der Waals surface area contributed by atoms with Gasteiger partial charge in [-0.15, -0.1) is 0 Å². The van der Waals surface area contributed by atoms with E-state index in [1.165, 1.54) is 37.5 Å². The van der Waals surface area contributed by atoms with Crippen molar-refractivity contribution in [3.05, 3.63) is 35.9 Å². The third-order valence-corrected chi connectivity index (χ3v) is 4.62. The van der Waals surface area contributed by atoms with Crippen LogP contribution in [0.5, 0.6) is 0 Å². The molecule has 2 rings (SSSR count). The van der Waals surface area contributed by atoms with E-state index in [1.54, 1.807) is 0 Å². The summed E-state index contributed by atoms with van der Waals surface area (Å²) >= 11 is 0. The predicted octanol–water partition coefficient (Wildman–Crippen LogP) is 1.85. The van der Waals surface area contributed by atoms with Crippen molar-refractivity contribution in [3.8, 4) is 0 Å². The average molecular weight is 296 g/mol. The first kappa shape index (κ1) is 15.5. The third-order valence-electron chi connectivity index (χ3n) is 3.89. The van der Waals surface area contributed by atoms with Gasteiger partial charge in [-0.3, -0.25) is 0 Å². The number of nitrogens with one attached hydrogen (secondary N) is 2. The molecule has 1 aromatic rings. The van der Waals surface area contributed by atoms with Crippen molar-refractivity contribution < 1.29 is 8.42 Å². The Kier molecular flexibility index (Phi) is 5.57. The van der Waals surface area contributed by atoms with Crippen LogP contribution in [-0.2, 0) is 10.0 Å². The Labute approximate surface area is 122 Å². The molecule has 0 aromatic heterocycles. The first-order chi connectivity index (χ1) is 9.56. The average Bonchev–Trinajstić information content (AvgIpc) is 2.44. The number of sulfonamides is 1. The zero-order valence-electron chi connectivity index (χ0n) is 12.0. The zero-order valence-corrected chi connectivity index (χ0v) is 12.8. The molecule has 0 amide bonds. The first-order valence-corrected chi connectivity index (χ1v) is 9.18. The van der Waals surface area contributed by atoms with Crippen LogP contribution in [0.25, 0.3) is 0 Å². The summed E-state index contributed by atoms with van der Waals surface area (Å²) < 4.78 is 24.6. The largest absolute Gasteiger partial charge is 0.312 e. The van der Waals surface area contributed by atoms with Gasteiger partial charge in [0.15, 0.2) is 0 Å². The SMILES string of the molecule is CS(=O)(=O)NCCNC1CCCCC1c1ccccc1. The van der Waals surface area contributed by atoms with Crippen molar-refractivity contribution in [1.82, 2.24) is 10.0 Å². The number of hydrogen-bond acceptors (Lipinski definition) is 3. The second-order valence-electron chi connectivity index (χ2n) is 5.53. The Bertz CT molecular complexity index is 502. The van der Waals surface area contributed by atoms with Gasteiger partial charge in [0.1, 0.15) is 0 Å². The minimum Gasteiger partial charge on any atom is -0.312 e. The summed E-state index contributed by atoms with van der Waals surface area (Å²) in [6.07, 6.45) is 6.10.